The van der Waals surface area contributed by atoms with Crippen molar-refractivity contribution in [2.24, 2.45) is 0 Å². The summed E-state index contributed by atoms with van der Waals surface area (Å²) in [6, 6.07) is 12.9. The predicted molar refractivity (Wildman–Crippen MR) is 96.2 cm³/mol. The molecule has 1 unspecified atom stereocenters. The van der Waals surface area contributed by atoms with Gasteiger partial charge in [0, 0.05) is 37.0 Å². The molecule has 5 heteroatoms. The van der Waals surface area contributed by atoms with Crippen LogP contribution in [0.3, 0.4) is 0 Å². The van der Waals surface area contributed by atoms with Gasteiger partial charge in [-0.1, -0.05) is 6.07 Å². The standard InChI is InChI=1S/C19H24N2O3/c1-13(17-10-9-16(23-4)12-18(17)24-5)20-19(22)14-7-6-8-15(11-14)21(2)3/h6-13H,1-5H3,(H,20,22). The van der Waals surface area contributed by atoms with E-state index in [1.54, 1.807) is 20.3 Å². The summed E-state index contributed by atoms with van der Waals surface area (Å²) in [5, 5.41) is 3.01. The minimum Gasteiger partial charge on any atom is -0.497 e. The van der Waals surface area contributed by atoms with Crippen molar-refractivity contribution >= 4 is 11.6 Å². The number of carbonyl (C=O) groups excluding carboxylic acids is 1. The Labute approximate surface area is 143 Å². The minimum atomic E-state index is -0.193. The largest absolute Gasteiger partial charge is 0.497 e. The van der Waals surface area contributed by atoms with Gasteiger partial charge in [0.15, 0.2) is 0 Å². The van der Waals surface area contributed by atoms with Gasteiger partial charge in [-0.15, -0.1) is 0 Å². The molecule has 2 aromatic carbocycles. The van der Waals surface area contributed by atoms with E-state index in [1.165, 1.54) is 0 Å². The lowest BCUT2D eigenvalue weighted by Crippen LogP contribution is -2.27. The molecule has 0 aliphatic heterocycles. The molecular formula is C19H24N2O3. The maximum atomic E-state index is 12.5. The zero-order valence-electron chi connectivity index (χ0n) is 14.8. The van der Waals surface area contributed by atoms with Crippen molar-refractivity contribution in [3.63, 3.8) is 0 Å². The van der Waals surface area contributed by atoms with E-state index in [0.29, 0.717) is 17.1 Å². The van der Waals surface area contributed by atoms with E-state index in [-0.39, 0.29) is 11.9 Å². The Balaban J connectivity index is 2.18. The molecule has 0 fully saturated rings. The van der Waals surface area contributed by atoms with Gasteiger partial charge in [0.2, 0.25) is 0 Å². The van der Waals surface area contributed by atoms with Crippen molar-refractivity contribution in [2.45, 2.75) is 13.0 Å². The first-order valence-corrected chi connectivity index (χ1v) is 7.76. The second kappa shape index (κ2) is 7.73. The Hall–Kier alpha value is -2.69. The summed E-state index contributed by atoms with van der Waals surface area (Å²) < 4.78 is 10.6. The van der Waals surface area contributed by atoms with Gasteiger partial charge in [0.05, 0.1) is 20.3 Å². The first kappa shape index (κ1) is 17.7. The van der Waals surface area contributed by atoms with Crippen molar-refractivity contribution in [3.05, 3.63) is 53.6 Å². The summed E-state index contributed by atoms with van der Waals surface area (Å²) in [5.41, 5.74) is 2.51. The van der Waals surface area contributed by atoms with Gasteiger partial charge < -0.3 is 19.7 Å². The molecule has 0 aliphatic rings. The molecule has 0 bridgehead atoms. The second-order valence-corrected chi connectivity index (χ2v) is 5.75. The third-order valence-electron chi connectivity index (χ3n) is 3.88. The van der Waals surface area contributed by atoms with Crippen LogP contribution in [0.1, 0.15) is 28.9 Å². The van der Waals surface area contributed by atoms with Crippen LogP contribution in [-0.4, -0.2) is 34.2 Å². The number of rotatable bonds is 6. The molecule has 1 amide bonds. The molecule has 0 saturated heterocycles. The van der Waals surface area contributed by atoms with Crippen LogP contribution in [0.4, 0.5) is 5.69 Å². The highest BCUT2D eigenvalue weighted by Gasteiger charge is 2.16. The molecule has 24 heavy (non-hydrogen) atoms. The van der Waals surface area contributed by atoms with E-state index in [2.05, 4.69) is 5.32 Å². The number of carbonyl (C=O) groups is 1. The topological polar surface area (TPSA) is 50.8 Å². The van der Waals surface area contributed by atoms with Gasteiger partial charge in [-0.3, -0.25) is 4.79 Å². The second-order valence-electron chi connectivity index (χ2n) is 5.75. The Morgan fingerprint density at radius 1 is 1.08 bits per heavy atom. The quantitative estimate of drug-likeness (QED) is 0.884. The van der Waals surface area contributed by atoms with Crippen LogP contribution in [0.25, 0.3) is 0 Å². The smallest absolute Gasteiger partial charge is 0.251 e. The molecule has 2 aromatic rings. The number of hydrogen-bond acceptors (Lipinski definition) is 4. The molecule has 0 aliphatic carbocycles. The number of methoxy groups -OCH3 is 2. The van der Waals surface area contributed by atoms with Crippen LogP contribution >= 0.6 is 0 Å². The van der Waals surface area contributed by atoms with Gasteiger partial charge in [0.1, 0.15) is 11.5 Å². The lowest BCUT2D eigenvalue weighted by atomic mass is 10.1. The molecule has 0 saturated carbocycles. The molecule has 1 atom stereocenters. The average molecular weight is 328 g/mol. The lowest BCUT2D eigenvalue weighted by Gasteiger charge is -2.19. The molecular weight excluding hydrogens is 304 g/mol. The van der Waals surface area contributed by atoms with Crippen LogP contribution in [0, 0.1) is 0 Å². The highest BCUT2D eigenvalue weighted by atomic mass is 16.5. The van der Waals surface area contributed by atoms with Crippen molar-refractivity contribution in [1.82, 2.24) is 5.32 Å². The monoisotopic (exact) mass is 328 g/mol. The fraction of sp³-hybridized carbons (Fsp3) is 0.316. The highest BCUT2D eigenvalue weighted by molar-refractivity contribution is 5.95. The fourth-order valence-corrected chi connectivity index (χ4v) is 2.46. The molecule has 1 N–H and O–H groups in total. The molecule has 2 rings (SSSR count). The van der Waals surface area contributed by atoms with Crippen LogP contribution in [0.5, 0.6) is 11.5 Å². The number of benzene rings is 2. The van der Waals surface area contributed by atoms with Gasteiger partial charge in [0.25, 0.3) is 5.91 Å². The summed E-state index contributed by atoms with van der Waals surface area (Å²) >= 11 is 0. The highest BCUT2D eigenvalue weighted by Crippen LogP contribution is 2.29. The first-order chi connectivity index (χ1) is 11.5. The number of ether oxygens (including phenoxy) is 2. The Morgan fingerprint density at radius 3 is 2.46 bits per heavy atom. The third-order valence-corrected chi connectivity index (χ3v) is 3.88. The van der Waals surface area contributed by atoms with E-state index >= 15 is 0 Å². The summed E-state index contributed by atoms with van der Waals surface area (Å²) in [6.07, 6.45) is 0. The minimum absolute atomic E-state index is 0.121. The molecule has 128 valence electrons. The number of anilines is 1. The zero-order valence-corrected chi connectivity index (χ0v) is 14.8. The first-order valence-electron chi connectivity index (χ1n) is 7.76. The van der Waals surface area contributed by atoms with E-state index in [0.717, 1.165) is 11.3 Å². The molecule has 0 heterocycles. The summed E-state index contributed by atoms with van der Waals surface area (Å²) in [4.78, 5) is 14.5. The number of hydrogen-bond donors (Lipinski definition) is 1. The van der Waals surface area contributed by atoms with Gasteiger partial charge in [-0.05, 0) is 37.3 Å². The average Bonchev–Trinajstić information content (AvgIpc) is 2.60. The van der Waals surface area contributed by atoms with Gasteiger partial charge >= 0.3 is 0 Å². The Bertz CT molecular complexity index is 714. The van der Waals surface area contributed by atoms with Gasteiger partial charge in [-0.2, -0.15) is 0 Å². The molecule has 5 nitrogen and oxygen atoms in total. The summed E-state index contributed by atoms with van der Waals surface area (Å²) in [6.45, 7) is 1.93. The van der Waals surface area contributed by atoms with E-state index < -0.39 is 0 Å². The number of nitrogens with one attached hydrogen (secondary N) is 1. The molecule has 0 aromatic heterocycles. The number of nitrogens with zero attached hydrogens (tertiary/aromatic N) is 1. The SMILES string of the molecule is COc1ccc(C(C)NC(=O)c2cccc(N(C)C)c2)c(OC)c1. The van der Waals surface area contributed by atoms with E-state index in [9.17, 15) is 4.79 Å². The molecule has 0 spiro atoms. The van der Waals surface area contributed by atoms with Crippen molar-refractivity contribution in [1.29, 1.82) is 0 Å². The predicted octanol–water partition coefficient (Wildman–Crippen LogP) is 3.26. The third kappa shape index (κ3) is 3.98. The van der Waals surface area contributed by atoms with Crippen LogP contribution in [-0.2, 0) is 0 Å². The number of amides is 1. The van der Waals surface area contributed by atoms with Gasteiger partial charge in [-0.25, -0.2) is 0 Å². The summed E-state index contributed by atoms with van der Waals surface area (Å²) in [7, 11) is 7.11. The Kier molecular flexibility index (Phi) is 5.68. The zero-order chi connectivity index (χ0) is 17.7. The van der Waals surface area contributed by atoms with E-state index in [4.69, 9.17) is 9.47 Å². The normalized spacial score (nSPS) is 11.5. The molecule has 0 radical (unpaired) electrons. The lowest BCUT2D eigenvalue weighted by molar-refractivity contribution is 0.0939. The van der Waals surface area contributed by atoms with E-state index in [1.807, 2.05) is 62.3 Å². The summed E-state index contributed by atoms with van der Waals surface area (Å²) in [5.74, 6) is 1.28. The van der Waals surface area contributed by atoms with Crippen LogP contribution in [0.15, 0.2) is 42.5 Å². The van der Waals surface area contributed by atoms with Crippen molar-refractivity contribution < 1.29 is 14.3 Å². The van der Waals surface area contributed by atoms with Crippen LogP contribution in [0.2, 0.25) is 0 Å². The Morgan fingerprint density at radius 2 is 1.83 bits per heavy atom. The van der Waals surface area contributed by atoms with Crippen molar-refractivity contribution in [2.75, 3.05) is 33.2 Å². The fourth-order valence-electron chi connectivity index (χ4n) is 2.46. The maximum absolute atomic E-state index is 12.5. The maximum Gasteiger partial charge on any atom is 0.251 e. The van der Waals surface area contributed by atoms with Crippen molar-refractivity contribution in [3.8, 4) is 11.5 Å². The van der Waals surface area contributed by atoms with Crippen LogP contribution < -0.4 is 19.7 Å².